The van der Waals surface area contributed by atoms with Gasteiger partial charge in [0.2, 0.25) is 5.88 Å². The van der Waals surface area contributed by atoms with Gasteiger partial charge in [0.05, 0.1) is 12.1 Å². The van der Waals surface area contributed by atoms with Crippen LogP contribution in [0.1, 0.15) is 51.0 Å². The maximum Gasteiger partial charge on any atom is 0.315 e. The summed E-state index contributed by atoms with van der Waals surface area (Å²) >= 11 is 0. The van der Waals surface area contributed by atoms with Crippen molar-refractivity contribution in [1.29, 1.82) is 0 Å². The van der Waals surface area contributed by atoms with Gasteiger partial charge in [0, 0.05) is 25.4 Å². The van der Waals surface area contributed by atoms with Crippen LogP contribution in [0.3, 0.4) is 0 Å². The third-order valence-electron chi connectivity index (χ3n) is 4.72. The zero-order chi connectivity index (χ0) is 16.8. The fraction of sp³-hybridized carbons (Fsp3) is 0.667. The Morgan fingerprint density at radius 2 is 2.17 bits per heavy atom. The number of pyridine rings is 1. The molecule has 2 amide bonds. The minimum Gasteiger partial charge on any atom is -0.474 e. The number of amides is 2. The molecule has 2 atom stereocenters. The third kappa shape index (κ3) is 4.84. The molecule has 1 aliphatic heterocycles. The van der Waals surface area contributed by atoms with E-state index in [0.29, 0.717) is 18.5 Å². The molecule has 2 N–H and O–H groups in total. The largest absolute Gasteiger partial charge is 0.474 e. The molecule has 1 saturated heterocycles. The quantitative estimate of drug-likeness (QED) is 0.840. The average molecular weight is 333 g/mol. The molecule has 3 rings (SSSR count). The van der Waals surface area contributed by atoms with Gasteiger partial charge in [0.25, 0.3) is 0 Å². The second-order valence-electron chi connectivity index (χ2n) is 6.70. The lowest BCUT2D eigenvalue weighted by Gasteiger charge is -2.20. The molecule has 2 heterocycles. The first-order valence-corrected chi connectivity index (χ1v) is 8.98. The topological polar surface area (TPSA) is 72.5 Å². The lowest BCUT2D eigenvalue weighted by molar-refractivity contribution is 0.0860. The molecule has 6 nitrogen and oxygen atoms in total. The molecule has 6 heteroatoms. The van der Waals surface area contributed by atoms with Gasteiger partial charge in [-0.15, -0.1) is 0 Å². The number of urea groups is 1. The van der Waals surface area contributed by atoms with Crippen molar-refractivity contribution < 1.29 is 14.3 Å². The number of hydrogen-bond acceptors (Lipinski definition) is 4. The van der Waals surface area contributed by atoms with Crippen LogP contribution in [0.4, 0.5) is 4.79 Å². The number of aromatic nitrogens is 1. The summed E-state index contributed by atoms with van der Waals surface area (Å²) in [7, 11) is 0. The molecule has 1 saturated carbocycles. The number of carbonyl (C=O) groups is 1. The minimum atomic E-state index is -0.177. The number of ether oxygens (including phenoxy) is 2. The predicted molar refractivity (Wildman–Crippen MR) is 90.9 cm³/mol. The van der Waals surface area contributed by atoms with Crippen LogP contribution in [0.15, 0.2) is 18.3 Å². The van der Waals surface area contributed by atoms with Gasteiger partial charge in [-0.1, -0.05) is 6.07 Å². The third-order valence-corrected chi connectivity index (χ3v) is 4.72. The van der Waals surface area contributed by atoms with Crippen LogP contribution in [0.5, 0.6) is 5.88 Å². The van der Waals surface area contributed by atoms with E-state index >= 15 is 0 Å². The summed E-state index contributed by atoms with van der Waals surface area (Å²) in [5.74, 6) is 0.669. The summed E-state index contributed by atoms with van der Waals surface area (Å²) in [6.45, 7) is 3.21. The maximum atomic E-state index is 12.0. The Morgan fingerprint density at radius 3 is 2.83 bits per heavy atom. The van der Waals surface area contributed by atoms with E-state index in [4.69, 9.17) is 9.47 Å². The van der Waals surface area contributed by atoms with Crippen LogP contribution in [-0.4, -0.2) is 35.9 Å². The summed E-state index contributed by atoms with van der Waals surface area (Å²) in [6, 6.07) is 3.67. The molecule has 0 radical (unpaired) electrons. The molecular formula is C18H27N3O3. The van der Waals surface area contributed by atoms with E-state index in [0.717, 1.165) is 37.9 Å². The van der Waals surface area contributed by atoms with Crippen LogP contribution in [0.25, 0.3) is 0 Å². The normalized spacial score (nSPS) is 22.3. The van der Waals surface area contributed by atoms with E-state index in [9.17, 15) is 4.79 Å². The van der Waals surface area contributed by atoms with Crippen LogP contribution in [0, 0.1) is 0 Å². The summed E-state index contributed by atoms with van der Waals surface area (Å²) in [6.07, 6.45) is 9.00. The lowest BCUT2D eigenvalue weighted by atomic mass is 10.1. The second-order valence-corrected chi connectivity index (χ2v) is 6.70. The molecule has 2 unspecified atom stereocenters. The van der Waals surface area contributed by atoms with Crippen molar-refractivity contribution in [2.75, 3.05) is 6.61 Å². The molecule has 1 aromatic heterocycles. The lowest BCUT2D eigenvalue weighted by Crippen LogP contribution is -2.45. The molecule has 2 aliphatic rings. The maximum absolute atomic E-state index is 12.0. The summed E-state index contributed by atoms with van der Waals surface area (Å²) in [5, 5.41) is 5.79. The molecule has 132 valence electrons. The van der Waals surface area contributed by atoms with E-state index < -0.39 is 0 Å². The SMILES string of the molecule is CC(NC(=O)NCc1ccc(OC2CCCC2)nc1)C1CCCO1. The number of carbonyl (C=O) groups excluding carboxylic acids is 1. The summed E-state index contributed by atoms with van der Waals surface area (Å²) < 4.78 is 11.4. The highest BCUT2D eigenvalue weighted by molar-refractivity contribution is 5.74. The van der Waals surface area contributed by atoms with Crippen molar-refractivity contribution in [2.45, 2.75) is 70.2 Å². The first-order valence-electron chi connectivity index (χ1n) is 8.98. The van der Waals surface area contributed by atoms with Gasteiger partial charge in [-0.2, -0.15) is 0 Å². The van der Waals surface area contributed by atoms with E-state index in [1.807, 2.05) is 19.1 Å². The number of nitrogens with zero attached hydrogens (tertiary/aromatic N) is 1. The Bertz CT molecular complexity index is 523. The number of hydrogen-bond donors (Lipinski definition) is 2. The molecule has 0 spiro atoms. The molecule has 1 aromatic rings. The second kappa shape index (κ2) is 8.33. The molecule has 24 heavy (non-hydrogen) atoms. The van der Waals surface area contributed by atoms with Crippen LogP contribution in [0.2, 0.25) is 0 Å². The van der Waals surface area contributed by atoms with Crippen molar-refractivity contribution >= 4 is 6.03 Å². The Balaban J connectivity index is 1.39. The zero-order valence-corrected chi connectivity index (χ0v) is 14.3. The highest BCUT2D eigenvalue weighted by Crippen LogP contribution is 2.22. The average Bonchev–Trinajstić information content (AvgIpc) is 3.28. The number of rotatable bonds is 6. The van der Waals surface area contributed by atoms with Crippen molar-refractivity contribution in [3.05, 3.63) is 23.9 Å². The minimum absolute atomic E-state index is 0.0211. The van der Waals surface area contributed by atoms with E-state index in [-0.39, 0.29) is 18.2 Å². The fourth-order valence-electron chi connectivity index (χ4n) is 3.29. The van der Waals surface area contributed by atoms with Gasteiger partial charge in [0.1, 0.15) is 6.10 Å². The van der Waals surface area contributed by atoms with Crippen molar-refractivity contribution in [1.82, 2.24) is 15.6 Å². The number of nitrogens with one attached hydrogen (secondary N) is 2. The van der Waals surface area contributed by atoms with Gasteiger partial charge in [-0.3, -0.25) is 0 Å². The van der Waals surface area contributed by atoms with Crippen LogP contribution < -0.4 is 15.4 Å². The smallest absolute Gasteiger partial charge is 0.315 e. The fourth-order valence-corrected chi connectivity index (χ4v) is 3.29. The molecular weight excluding hydrogens is 306 g/mol. The van der Waals surface area contributed by atoms with E-state index in [1.54, 1.807) is 6.20 Å². The molecule has 2 fully saturated rings. The van der Waals surface area contributed by atoms with Crippen molar-refractivity contribution in [3.63, 3.8) is 0 Å². The standard InChI is InChI=1S/C18H27N3O3/c1-13(16-7-4-10-23-16)21-18(22)20-12-14-8-9-17(19-11-14)24-15-5-2-3-6-15/h8-9,11,13,15-16H,2-7,10,12H2,1H3,(H2,20,21,22). The highest BCUT2D eigenvalue weighted by atomic mass is 16.5. The first-order chi connectivity index (χ1) is 11.7. The highest BCUT2D eigenvalue weighted by Gasteiger charge is 2.23. The van der Waals surface area contributed by atoms with Gasteiger partial charge in [-0.25, -0.2) is 9.78 Å². The van der Waals surface area contributed by atoms with Gasteiger partial charge >= 0.3 is 6.03 Å². The van der Waals surface area contributed by atoms with Crippen LogP contribution >= 0.6 is 0 Å². The van der Waals surface area contributed by atoms with Crippen molar-refractivity contribution in [2.24, 2.45) is 0 Å². The molecule has 0 bridgehead atoms. The monoisotopic (exact) mass is 333 g/mol. The van der Waals surface area contributed by atoms with Gasteiger partial charge in [-0.05, 0) is 51.0 Å². The van der Waals surface area contributed by atoms with Crippen molar-refractivity contribution in [3.8, 4) is 5.88 Å². The van der Waals surface area contributed by atoms with Gasteiger partial charge < -0.3 is 20.1 Å². The first kappa shape index (κ1) is 17.0. The zero-order valence-electron chi connectivity index (χ0n) is 14.3. The summed E-state index contributed by atoms with van der Waals surface area (Å²) in [5.41, 5.74) is 0.952. The Morgan fingerprint density at radius 1 is 1.33 bits per heavy atom. The Kier molecular flexibility index (Phi) is 5.91. The molecule has 1 aliphatic carbocycles. The Hall–Kier alpha value is -1.82. The Labute approximate surface area is 143 Å². The predicted octanol–water partition coefficient (Wildman–Crippen LogP) is 2.77. The molecule has 0 aromatic carbocycles. The van der Waals surface area contributed by atoms with Gasteiger partial charge in [0.15, 0.2) is 0 Å². The van der Waals surface area contributed by atoms with Crippen LogP contribution in [-0.2, 0) is 11.3 Å². The van der Waals surface area contributed by atoms with E-state index in [1.165, 1.54) is 12.8 Å². The van der Waals surface area contributed by atoms with E-state index in [2.05, 4.69) is 15.6 Å². The summed E-state index contributed by atoms with van der Waals surface area (Å²) in [4.78, 5) is 16.3.